The van der Waals surface area contributed by atoms with Gasteiger partial charge in [0.1, 0.15) is 6.54 Å². The van der Waals surface area contributed by atoms with E-state index in [4.69, 9.17) is 5.11 Å². The number of aliphatic carboxylic acids is 1. The summed E-state index contributed by atoms with van der Waals surface area (Å²) in [6.07, 6.45) is 1.83. The van der Waals surface area contributed by atoms with Gasteiger partial charge in [-0.3, -0.25) is 14.4 Å². The molecule has 0 unspecified atom stereocenters. The van der Waals surface area contributed by atoms with Crippen molar-refractivity contribution in [2.45, 2.75) is 25.3 Å². The summed E-state index contributed by atoms with van der Waals surface area (Å²) in [5.41, 5.74) is 0.537. The average Bonchev–Trinajstić information content (AvgIpc) is 3.29. The van der Waals surface area contributed by atoms with Crippen molar-refractivity contribution in [2.75, 3.05) is 13.1 Å². The summed E-state index contributed by atoms with van der Waals surface area (Å²) in [7, 11) is 0. The van der Waals surface area contributed by atoms with E-state index in [1.54, 1.807) is 24.3 Å². The van der Waals surface area contributed by atoms with Crippen LogP contribution in [0.25, 0.3) is 0 Å². The zero-order valence-electron chi connectivity index (χ0n) is 11.6. The van der Waals surface area contributed by atoms with Crippen molar-refractivity contribution in [3.63, 3.8) is 0 Å². The summed E-state index contributed by atoms with van der Waals surface area (Å²) in [5.74, 6) is -1.48. The molecule has 0 atom stereocenters. The molecule has 0 bridgehead atoms. The van der Waals surface area contributed by atoms with Crippen LogP contribution in [0, 0.1) is 0 Å². The van der Waals surface area contributed by atoms with Crippen LogP contribution in [0.3, 0.4) is 0 Å². The molecule has 2 rings (SSSR count). The predicted molar refractivity (Wildman–Crippen MR) is 75.8 cm³/mol. The molecule has 21 heavy (non-hydrogen) atoms. The van der Waals surface area contributed by atoms with Gasteiger partial charge in [-0.25, -0.2) is 0 Å². The van der Waals surface area contributed by atoms with Crippen LogP contribution in [0.5, 0.6) is 0 Å². The predicted octanol–water partition coefficient (Wildman–Crippen LogP) is 0.882. The summed E-state index contributed by atoms with van der Waals surface area (Å²) < 4.78 is 0. The number of nitrogens with zero attached hydrogens (tertiary/aromatic N) is 1. The molecule has 2 N–H and O–H groups in total. The topological polar surface area (TPSA) is 86.7 Å². The second-order valence-electron chi connectivity index (χ2n) is 5.02. The molecule has 1 aliphatic rings. The molecule has 6 nitrogen and oxygen atoms in total. The van der Waals surface area contributed by atoms with Crippen LogP contribution in [-0.4, -0.2) is 46.9 Å². The highest BCUT2D eigenvalue weighted by molar-refractivity contribution is 5.94. The van der Waals surface area contributed by atoms with Crippen LogP contribution < -0.4 is 5.32 Å². The Labute approximate surface area is 122 Å². The SMILES string of the molecule is O=C(O)CN(C(=O)CCNC(=O)c1ccccc1)C1CC1. The molecule has 6 heteroatoms. The third-order valence-electron chi connectivity index (χ3n) is 3.27. The summed E-state index contributed by atoms with van der Waals surface area (Å²) in [6.45, 7) is -0.0640. The molecule has 1 saturated carbocycles. The lowest BCUT2D eigenvalue weighted by Gasteiger charge is -2.20. The molecule has 0 heterocycles. The third kappa shape index (κ3) is 4.59. The summed E-state index contributed by atoms with van der Waals surface area (Å²) in [5, 5.41) is 11.5. The van der Waals surface area contributed by atoms with E-state index < -0.39 is 5.97 Å². The van der Waals surface area contributed by atoms with Crippen LogP contribution in [0.2, 0.25) is 0 Å². The van der Waals surface area contributed by atoms with Gasteiger partial charge in [0.05, 0.1) is 0 Å². The van der Waals surface area contributed by atoms with Gasteiger partial charge in [0.25, 0.3) is 5.91 Å². The quantitative estimate of drug-likeness (QED) is 0.780. The van der Waals surface area contributed by atoms with Crippen LogP contribution >= 0.6 is 0 Å². The van der Waals surface area contributed by atoms with Crippen molar-refractivity contribution in [3.05, 3.63) is 35.9 Å². The molecule has 112 valence electrons. The monoisotopic (exact) mass is 290 g/mol. The normalized spacial score (nSPS) is 13.5. The van der Waals surface area contributed by atoms with Crippen molar-refractivity contribution in [1.29, 1.82) is 0 Å². The highest BCUT2D eigenvalue weighted by Gasteiger charge is 2.33. The van der Waals surface area contributed by atoms with Gasteiger partial charge in [-0.2, -0.15) is 0 Å². The zero-order chi connectivity index (χ0) is 15.2. The van der Waals surface area contributed by atoms with Crippen LogP contribution in [0.15, 0.2) is 30.3 Å². The number of hydrogen-bond acceptors (Lipinski definition) is 3. The number of hydrogen-bond donors (Lipinski definition) is 2. The zero-order valence-corrected chi connectivity index (χ0v) is 11.6. The van der Waals surface area contributed by atoms with Crippen molar-refractivity contribution >= 4 is 17.8 Å². The Balaban J connectivity index is 1.78. The second kappa shape index (κ2) is 6.88. The number of carboxylic acids is 1. The van der Waals surface area contributed by atoms with Crippen LogP contribution in [0.4, 0.5) is 0 Å². The fraction of sp³-hybridized carbons (Fsp3) is 0.400. The minimum absolute atomic E-state index is 0.0541. The lowest BCUT2D eigenvalue weighted by molar-refractivity contribution is -0.144. The summed E-state index contributed by atoms with van der Waals surface area (Å²) >= 11 is 0. The third-order valence-corrected chi connectivity index (χ3v) is 3.27. The van der Waals surface area contributed by atoms with E-state index in [1.165, 1.54) is 4.90 Å². The van der Waals surface area contributed by atoms with Crippen molar-refractivity contribution < 1.29 is 19.5 Å². The van der Waals surface area contributed by atoms with Gasteiger partial charge in [0, 0.05) is 24.6 Å². The Morgan fingerprint density at radius 1 is 1.19 bits per heavy atom. The molecule has 1 aromatic rings. The maximum absolute atomic E-state index is 12.0. The molecule has 0 aromatic heterocycles. The maximum Gasteiger partial charge on any atom is 0.323 e. The van der Waals surface area contributed by atoms with Crippen molar-refractivity contribution in [3.8, 4) is 0 Å². The molecule has 1 fully saturated rings. The second-order valence-corrected chi connectivity index (χ2v) is 5.02. The lowest BCUT2D eigenvalue weighted by atomic mass is 10.2. The fourth-order valence-electron chi connectivity index (χ4n) is 2.07. The minimum Gasteiger partial charge on any atom is -0.480 e. The molecule has 1 aliphatic carbocycles. The average molecular weight is 290 g/mol. The number of carbonyl (C=O) groups excluding carboxylic acids is 2. The first-order valence-corrected chi connectivity index (χ1v) is 6.92. The smallest absolute Gasteiger partial charge is 0.323 e. The van der Waals surface area contributed by atoms with Gasteiger partial charge >= 0.3 is 5.97 Å². The van der Waals surface area contributed by atoms with E-state index in [0.29, 0.717) is 5.56 Å². The van der Waals surface area contributed by atoms with Gasteiger partial charge in [-0.1, -0.05) is 18.2 Å². The number of carbonyl (C=O) groups is 3. The van der Waals surface area contributed by atoms with Crippen LogP contribution in [-0.2, 0) is 9.59 Å². The molecular formula is C15H18N2O4. The number of amides is 2. The first-order chi connectivity index (χ1) is 10.1. The van der Waals surface area contributed by atoms with E-state index in [-0.39, 0.29) is 37.4 Å². The largest absolute Gasteiger partial charge is 0.480 e. The first-order valence-electron chi connectivity index (χ1n) is 6.92. The summed E-state index contributed by atoms with van der Waals surface area (Å²) in [6, 6.07) is 8.79. The number of carboxylic acid groups (broad SMARTS) is 1. The highest BCUT2D eigenvalue weighted by atomic mass is 16.4. The first kappa shape index (κ1) is 15.0. The lowest BCUT2D eigenvalue weighted by Crippen LogP contribution is -2.39. The van der Waals surface area contributed by atoms with E-state index in [9.17, 15) is 14.4 Å². The molecule has 0 radical (unpaired) electrons. The Bertz CT molecular complexity index is 526. The Morgan fingerprint density at radius 3 is 2.43 bits per heavy atom. The number of nitrogens with one attached hydrogen (secondary N) is 1. The Morgan fingerprint density at radius 2 is 1.86 bits per heavy atom. The highest BCUT2D eigenvalue weighted by Crippen LogP contribution is 2.27. The number of rotatable bonds is 7. The van der Waals surface area contributed by atoms with Crippen molar-refractivity contribution in [2.24, 2.45) is 0 Å². The molecule has 0 saturated heterocycles. The Hall–Kier alpha value is -2.37. The van der Waals surface area contributed by atoms with Gasteiger partial charge in [0.15, 0.2) is 0 Å². The minimum atomic E-state index is -1.01. The van der Waals surface area contributed by atoms with Gasteiger partial charge in [-0.15, -0.1) is 0 Å². The maximum atomic E-state index is 12.0. The molecule has 0 aliphatic heterocycles. The van der Waals surface area contributed by atoms with Crippen molar-refractivity contribution in [1.82, 2.24) is 10.2 Å². The molecule has 1 aromatic carbocycles. The molecule has 0 spiro atoms. The fourth-order valence-corrected chi connectivity index (χ4v) is 2.07. The Kier molecular flexibility index (Phi) is 4.92. The molecular weight excluding hydrogens is 272 g/mol. The van der Waals surface area contributed by atoms with E-state index in [1.807, 2.05) is 6.07 Å². The van der Waals surface area contributed by atoms with E-state index >= 15 is 0 Å². The van der Waals surface area contributed by atoms with Gasteiger partial charge in [0.2, 0.25) is 5.91 Å². The van der Waals surface area contributed by atoms with E-state index in [2.05, 4.69) is 5.32 Å². The van der Waals surface area contributed by atoms with Gasteiger partial charge in [-0.05, 0) is 25.0 Å². The van der Waals surface area contributed by atoms with Gasteiger partial charge < -0.3 is 15.3 Å². The summed E-state index contributed by atoms with van der Waals surface area (Å²) in [4.78, 5) is 35.9. The molecule has 2 amide bonds. The standard InChI is InChI=1S/C15H18N2O4/c18-13(17(10-14(19)20)12-6-7-12)8-9-16-15(21)11-4-2-1-3-5-11/h1-5,12H,6-10H2,(H,16,21)(H,19,20). The van der Waals surface area contributed by atoms with E-state index in [0.717, 1.165) is 12.8 Å². The number of benzene rings is 1. The van der Waals surface area contributed by atoms with Crippen LogP contribution in [0.1, 0.15) is 29.6 Å².